The maximum atomic E-state index is 4.62. The molecule has 3 heteroatoms. The molecule has 1 aliphatic carbocycles. The molecule has 2 nitrogen and oxygen atoms in total. The summed E-state index contributed by atoms with van der Waals surface area (Å²) in [6, 6.07) is 3.04. The first-order valence-corrected chi connectivity index (χ1v) is 7.79. The Morgan fingerprint density at radius 1 is 1.39 bits per heavy atom. The first-order valence-electron chi connectivity index (χ1n) is 6.92. The van der Waals surface area contributed by atoms with Crippen molar-refractivity contribution in [2.24, 2.45) is 5.92 Å². The molecule has 0 bridgehead atoms. The van der Waals surface area contributed by atoms with Crippen LogP contribution < -0.4 is 5.32 Å². The molecule has 18 heavy (non-hydrogen) atoms. The van der Waals surface area contributed by atoms with Gasteiger partial charge in [-0.3, -0.25) is 0 Å². The van der Waals surface area contributed by atoms with Crippen molar-refractivity contribution in [3.8, 4) is 0 Å². The number of hydrogen-bond acceptors (Lipinski definition) is 3. The molecule has 1 aromatic rings. The fourth-order valence-electron chi connectivity index (χ4n) is 1.70. The minimum absolute atomic E-state index is 0.617. The van der Waals surface area contributed by atoms with Crippen molar-refractivity contribution in [2.45, 2.75) is 63.4 Å². The summed E-state index contributed by atoms with van der Waals surface area (Å²) in [5.41, 5.74) is 2.61. The van der Waals surface area contributed by atoms with E-state index in [2.05, 4.69) is 44.1 Å². The predicted octanol–water partition coefficient (Wildman–Crippen LogP) is 3.78. The Hall–Kier alpha value is -0.540. The minimum Gasteiger partial charge on any atom is -0.310 e. The standard InChI is InChI=1S/C15H24N2S/c1-10(2)12(4)18-15-11(3)7-13(9-17-15)8-16-14-5-6-14/h7,9-10,12,14,16H,5-6,8H2,1-4H3. The smallest absolute Gasteiger partial charge is 0.0991 e. The molecule has 0 spiro atoms. The quantitative estimate of drug-likeness (QED) is 0.792. The third kappa shape index (κ3) is 3.99. The van der Waals surface area contributed by atoms with Crippen LogP contribution in [0.3, 0.4) is 0 Å². The van der Waals surface area contributed by atoms with Gasteiger partial charge in [-0.2, -0.15) is 0 Å². The average Bonchev–Trinajstić information content (AvgIpc) is 3.13. The molecule has 0 saturated heterocycles. The van der Waals surface area contributed by atoms with E-state index in [-0.39, 0.29) is 0 Å². The number of pyridine rings is 1. The van der Waals surface area contributed by atoms with E-state index < -0.39 is 0 Å². The van der Waals surface area contributed by atoms with Crippen molar-refractivity contribution in [1.29, 1.82) is 0 Å². The monoisotopic (exact) mass is 264 g/mol. The molecule has 0 amide bonds. The van der Waals surface area contributed by atoms with E-state index in [1.165, 1.54) is 29.0 Å². The first kappa shape index (κ1) is 13.9. The molecular weight excluding hydrogens is 240 g/mol. The molecule has 0 aromatic carbocycles. The topological polar surface area (TPSA) is 24.9 Å². The van der Waals surface area contributed by atoms with Gasteiger partial charge in [0, 0.05) is 24.0 Å². The summed E-state index contributed by atoms with van der Waals surface area (Å²) in [6.45, 7) is 9.94. The van der Waals surface area contributed by atoms with Crippen LogP contribution in [0.2, 0.25) is 0 Å². The SMILES string of the molecule is Cc1cc(CNC2CC2)cnc1SC(C)C(C)C. The van der Waals surface area contributed by atoms with Crippen LogP contribution in [0.5, 0.6) is 0 Å². The van der Waals surface area contributed by atoms with Gasteiger partial charge >= 0.3 is 0 Å². The largest absolute Gasteiger partial charge is 0.310 e. The van der Waals surface area contributed by atoms with E-state index in [4.69, 9.17) is 0 Å². The molecule has 1 aliphatic rings. The second kappa shape index (κ2) is 6.07. The van der Waals surface area contributed by atoms with Crippen LogP contribution in [-0.4, -0.2) is 16.3 Å². The number of aryl methyl sites for hydroxylation is 1. The lowest BCUT2D eigenvalue weighted by atomic mass is 10.2. The molecule has 2 rings (SSSR count). The molecule has 1 unspecified atom stereocenters. The zero-order valence-electron chi connectivity index (χ0n) is 11.9. The van der Waals surface area contributed by atoms with Gasteiger partial charge in [-0.25, -0.2) is 4.98 Å². The molecule has 0 radical (unpaired) electrons. The molecule has 1 aromatic heterocycles. The highest BCUT2D eigenvalue weighted by atomic mass is 32.2. The zero-order chi connectivity index (χ0) is 13.1. The van der Waals surface area contributed by atoms with Crippen LogP contribution in [0.15, 0.2) is 17.3 Å². The number of nitrogens with zero attached hydrogens (tertiary/aromatic N) is 1. The molecule has 100 valence electrons. The van der Waals surface area contributed by atoms with E-state index in [0.29, 0.717) is 11.2 Å². The lowest BCUT2D eigenvalue weighted by Gasteiger charge is -2.16. The van der Waals surface area contributed by atoms with Gasteiger partial charge in [0.05, 0.1) is 5.03 Å². The summed E-state index contributed by atoms with van der Waals surface area (Å²) in [7, 11) is 0. The molecular formula is C15H24N2S. The summed E-state index contributed by atoms with van der Waals surface area (Å²) in [6.07, 6.45) is 4.70. The highest BCUT2D eigenvalue weighted by Gasteiger charge is 2.20. The molecule has 1 heterocycles. The second-order valence-electron chi connectivity index (χ2n) is 5.69. The van der Waals surface area contributed by atoms with Crippen LogP contribution >= 0.6 is 11.8 Å². The van der Waals surface area contributed by atoms with Crippen LogP contribution in [0.1, 0.15) is 44.7 Å². The summed E-state index contributed by atoms with van der Waals surface area (Å²) >= 11 is 1.89. The maximum absolute atomic E-state index is 4.62. The Labute approximate surface area is 115 Å². The maximum Gasteiger partial charge on any atom is 0.0991 e. The van der Waals surface area contributed by atoms with Crippen molar-refractivity contribution in [1.82, 2.24) is 10.3 Å². The van der Waals surface area contributed by atoms with Crippen molar-refractivity contribution >= 4 is 11.8 Å². The van der Waals surface area contributed by atoms with E-state index >= 15 is 0 Å². The average molecular weight is 264 g/mol. The van der Waals surface area contributed by atoms with Gasteiger partial charge in [-0.05, 0) is 36.8 Å². The fourth-order valence-corrected chi connectivity index (χ4v) is 2.69. The zero-order valence-corrected chi connectivity index (χ0v) is 12.7. The van der Waals surface area contributed by atoms with Gasteiger partial charge in [0.25, 0.3) is 0 Å². The number of nitrogens with one attached hydrogen (secondary N) is 1. The number of aromatic nitrogens is 1. The van der Waals surface area contributed by atoms with Gasteiger partial charge in [0.1, 0.15) is 0 Å². The second-order valence-corrected chi connectivity index (χ2v) is 7.05. The van der Waals surface area contributed by atoms with Crippen LogP contribution in [0, 0.1) is 12.8 Å². The van der Waals surface area contributed by atoms with Crippen LogP contribution in [-0.2, 0) is 6.54 Å². The molecule has 1 saturated carbocycles. The highest BCUT2D eigenvalue weighted by molar-refractivity contribution is 7.99. The van der Waals surface area contributed by atoms with Crippen molar-refractivity contribution in [3.63, 3.8) is 0 Å². The third-order valence-corrected chi connectivity index (χ3v) is 5.06. The van der Waals surface area contributed by atoms with Crippen molar-refractivity contribution < 1.29 is 0 Å². The summed E-state index contributed by atoms with van der Waals surface area (Å²) < 4.78 is 0. The van der Waals surface area contributed by atoms with Crippen LogP contribution in [0.25, 0.3) is 0 Å². The summed E-state index contributed by atoms with van der Waals surface area (Å²) in [5.74, 6) is 0.687. The molecule has 0 aliphatic heterocycles. The Morgan fingerprint density at radius 3 is 2.67 bits per heavy atom. The first-order chi connectivity index (χ1) is 8.56. The Bertz CT molecular complexity index is 399. The lowest BCUT2D eigenvalue weighted by Crippen LogP contribution is -2.15. The summed E-state index contributed by atoms with van der Waals surface area (Å²) in [5, 5.41) is 5.34. The van der Waals surface area contributed by atoms with Crippen molar-refractivity contribution in [2.75, 3.05) is 0 Å². The Kier molecular flexibility index (Phi) is 4.68. The van der Waals surface area contributed by atoms with E-state index in [0.717, 1.165) is 12.6 Å². The van der Waals surface area contributed by atoms with Crippen molar-refractivity contribution in [3.05, 3.63) is 23.4 Å². The Balaban J connectivity index is 1.95. The van der Waals surface area contributed by atoms with Crippen LogP contribution in [0.4, 0.5) is 0 Å². The highest BCUT2D eigenvalue weighted by Crippen LogP contribution is 2.29. The lowest BCUT2D eigenvalue weighted by molar-refractivity contribution is 0.641. The van der Waals surface area contributed by atoms with E-state index in [1.807, 2.05) is 18.0 Å². The van der Waals surface area contributed by atoms with Gasteiger partial charge in [0.2, 0.25) is 0 Å². The third-order valence-electron chi connectivity index (χ3n) is 3.50. The number of rotatable bonds is 6. The predicted molar refractivity (Wildman–Crippen MR) is 79.0 cm³/mol. The molecule has 1 fully saturated rings. The molecule has 1 N–H and O–H groups in total. The van der Waals surface area contributed by atoms with E-state index in [1.54, 1.807) is 0 Å². The van der Waals surface area contributed by atoms with Gasteiger partial charge < -0.3 is 5.32 Å². The van der Waals surface area contributed by atoms with Gasteiger partial charge in [-0.15, -0.1) is 11.8 Å². The Morgan fingerprint density at radius 2 is 2.11 bits per heavy atom. The summed E-state index contributed by atoms with van der Waals surface area (Å²) in [4.78, 5) is 4.62. The molecule has 1 atom stereocenters. The number of thioether (sulfide) groups is 1. The number of hydrogen-bond donors (Lipinski definition) is 1. The minimum atomic E-state index is 0.617. The van der Waals surface area contributed by atoms with Gasteiger partial charge in [0.15, 0.2) is 0 Å². The fraction of sp³-hybridized carbons (Fsp3) is 0.667. The van der Waals surface area contributed by atoms with Gasteiger partial charge in [-0.1, -0.05) is 26.8 Å². The normalized spacial score (nSPS) is 17.2. The van der Waals surface area contributed by atoms with E-state index in [9.17, 15) is 0 Å².